The standard InChI is InChI=1S/C22H21N5O2S/c1-13-8-9-14(2)16(10-13)18-12-30-22(24-18)25-21(29)17-11-19(20(23)28)27(26-17)15-6-4-3-5-7-15/h3-10,12,19H,11H2,1-2H3,(H2,23,28)(H,24,25,29)/t19-/m1/s1. The SMILES string of the molecule is Cc1ccc(C)c(-c2csc(NC(=O)C3=NN(c4ccccc4)[C@@H](C(N)=O)C3)n2)c1. The molecule has 4 rings (SSSR count). The first-order chi connectivity index (χ1) is 14.4. The van der Waals surface area contributed by atoms with Gasteiger partial charge < -0.3 is 5.73 Å². The molecule has 0 aliphatic carbocycles. The van der Waals surface area contributed by atoms with E-state index >= 15 is 0 Å². The first-order valence-corrected chi connectivity index (χ1v) is 10.4. The number of para-hydroxylation sites is 1. The highest BCUT2D eigenvalue weighted by Crippen LogP contribution is 2.29. The number of thiazole rings is 1. The maximum atomic E-state index is 12.8. The van der Waals surface area contributed by atoms with E-state index in [-0.39, 0.29) is 18.0 Å². The van der Waals surface area contributed by atoms with Crippen LogP contribution >= 0.6 is 11.3 Å². The van der Waals surface area contributed by atoms with E-state index in [9.17, 15) is 9.59 Å². The second kappa shape index (κ2) is 8.08. The van der Waals surface area contributed by atoms with Crippen molar-refractivity contribution >= 4 is 39.7 Å². The molecule has 0 saturated heterocycles. The Balaban J connectivity index is 1.54. The molecule has 8 heteroatoms. The van der Waals surface area contributed by atoms with Crippen molar-refractivity contribution < 1.29 is 9.59 Å². The summed E-state index contributed by atoms with van der Waals surface area (Å²) in [6.45, 7) is 4.06. The summed E-state index contributed by atoms with van der Waals surface area (Å²) in [5.74, 6) is -0.918. The summed E-state index contributed by atoms with van der Waals surface area (Å²) in [4.78, 5) is 29.2. The molecule has 0 fully saturated rings. The Morgan fingerprint density at radius 3 is 2.67 bits per heavy atom. The number of hydrogen-bond acceptors (Lipinski definition) is 6. The van der Waals surface area contributed by atoms with E-state index in [2.05, 4.69) is 33.6 Å². The Kier molecular flexibility index (Phi) is 5.33. The lowest BCUT2D eigenvalue weighted by molar-refractivity contribution is -0.119. The number of benzene rings is 2. The van der Waals surface area contributed by atoms with Gasteiger partial charge in [-0.1, -0.05) is 35.9 Å². The lowest BCUT2D eigenvalue weighted by Crippen LogP contribution is -2.39. The lowest BCUT2D eigenvalue weighted by atomic mass is 10.0. The van der Waals surface area contributed by atoms with Crippen molar-refractivity contribution in [1.82, 2.24) is 4.98 Å². The van der Waals surface area contributed by atoms with Gasteiger partial charge in [0, 0.05) is 17.4 Å². The number of carbonyl (C=O) groups is 2. The zero-order valence-electron chi connectivity index (χ0n) is 16.6. The van der Waals surface area contributed by atoms with Crippen LogP contribution in [0.2, 0.25) is 0 Å². The number of rotatable bonds is 5. The van der Waals surface area contributed by atoms with Crippen LogP contribution in [0.25, 0.3) is 11.3 Å². The van der Waals surface area contributed by atoms with Crippen LogP contribution in [0.1, 0.15) is 17.5 Å². The van der Waals surface area contributed by atoms with E-state index in [4.69, 9.17) is 5.73 Å². The van der Waals surface area contributed by atoms with Crippen molar-refractivity contribution in [3.05, 3.63) is 65.0 Å². The van der Waals surface area contributed by atoms with Crippen LogP contribution in [0, 0.1) is 13.8 Å². The monoisotopic (exact) mass is 419 g/mol. The number of nitrogens with zero attached hydrogens (tertiary/aromatic N) is 3. The number of amides is 2. The molecule has 1 aliphatic rings. The van der Waals surface area contributed by atoms with Gasteiger partial charge in [-0.2, -0.15) is 5.10 Å². The van der Waals surface area contributed by atoms with Crippen LogP contribution < -0.4 is 16.1 Å². The topological polar surface area (TPSA) is 101 Å². The molecule has 3 aromatic rings. The van der Waals surface area contributed by atoms with Gasteiger partial charge in [-0.05, 0) is 37.6 Å². The number of hydrogen-bond donors (Lipinski definition) is 2. The van der Waals surface area contributed by atoms with Crippen molar-refractivity contribution in [2.24, 2.45) is 10.8 Å². The molecule has 1 atom stereocenters. The third kappa shape index (κ3) is 3.95. The average Bonchev–Trinajstić information content (AvgIpc) is 3.38. The van der Waals surface area contributed by atoms with Gasteiger partial charge >= 0.3 is 0 Å². The highest BCUT2D eigenvalue weighted by atomic mass is 32.1. The Morgan fingerprint density at radius 2 is 1.93 bits per heavy atom. The summed E-state index contributed by atoms with van der Waals surface area (Å²) < 4.78 is 0. The minimum Gasteiger partial charge on any atom is -0.368 e. The normalized spacial score (nSPS) is 15.7. The summed E-state index contributed by atoms with van der Waals surface area (Å²) in [6, 6.07) is 14.7. The molecule has 152 valence electrons. The lowest BCUT2D eigenvalue weighted by Gasteiger charge is -2.20. The van der Waals surface area contributed by atoms with Gasteiger partial charge in [-0.25, -0.2) is 4.98 Å². The molecular formula is C22H21N5O2S. The van der Waals surface area contributed by atoms with E-state index in [1.54, 1.807) is 0 Å². The fraction of sp³-hybridized carbons (Fsp3) is 0.182. The quantitative estimate of drug-likeness (QED) is 0.661. The van der Waals surface area contributed by atoms with Gasteiger partial charge in [0.25, 0.3) is 5.91 Å². The first kappa shape index (κ1) is 19.8. The largest absolute Gasteiger partial charge is 0.368 e. The molecule has 2 aromatic carbocycles. The Labute approximate surface area is 178 Å². The zero-order valence-corrected chi connectivity index (χ0v) is 17.4. The predicted molar refractivity (Wildman–Crippen MR) is 120 cm³/mol. The van der Waals surface area contributed by atoms with Gasteiger partial charge in [-0.3, -0.25) is 19.9 Å². The molecule has 30 heavy (non-hydrogen) atoms. The smallest absolute Gasteiger partial charge is 0.273 e. The second-order valence-electron chi connectivity index (χ2n) is 7.16. The van der Waals surface area contributed by atoms with Crippen molar-refractivity contribution in [2.45, 2.75) is 26.3 Å². The highest BCUT2D eigenvalue weighted by molar-refractivity contribution is 7.14. The van der Waals surface area contributed by atoms with Crippen LogP contribution in [0.4, 0.5) is 10.8 Å². The number of hydrazone groups is 1. The van der Waals surface area contributed by atoms with Gasteiger partial charge in [-0.15, -0.1) is 11.3 Å². The van der Waals surface area contributed by atoms with Crippen molar-refractivity contribution in [1.29, 1.82) is 0 Å². The number of nitrogens with two attached hydrogens (primary N) is 1. The predicted octanol–water partition coefficient (Wildman–Crippen LogP) is 3.49. The highest BCUT2D eigenvalue weighted by Gasteiger charge is 2.35. The van der Waals surface area contributed by atoms with E-state index in [0.29, 0.717) is 10.8 Å². The Morgan fingerprint density at radius 1 is 1.17 bits per heavy atom. The molecule has 0 spiro atoms. The third-order valence-corrected chi connectivity index (χ3v) is 5.67. The maximum Gasteiger partial charge on any atom is 0.273 e. The van der Waals surface area contributed by atoms with Crippen molar-refractivity contribution in [2.75, 3.05) is 10.3 Å². The number of primary amides is 1. The Bertz CT molecular complexity index is 1140. The summed E-state index contributed by atoms with van der Waals surface area (Å²) in [7, 11) is 0. The minimum atomic E-state index is -0.699. The number of nitrogens with one attached hydrogen (secondary N) is 1. The third-order valence-electron chi connectivity index (χ3n) is 4.92. The summed E-state index contributed by atoms with van der Waals surface area (Å²) in [5.41, 5.74) is 10.6. The van der Waals surface area contributed by atoms with E-state index < -0.39 is 11.9 Å². The molecule has 0 unspecified atom stereocenters. The molecule has 2 amide bonds. The molecule has 1 aromatic heterocycles. The molecule has 3 N–H and O–H groups in total. The number of aryl methyl sites for hydroxylation is 2. The van der Waals surface area contributed by atoms with Crippen LogP contribution in [0.15, 0.2) is 59.0 Å². The van der Waals surface area contributed by atoms with Crippen LogP contribution in [0.3, 0.4) is 0 Å². The number of anilines is 2. The molecule has 7 nitrogen and oxygen atoms in total. The Hall–Kier alpha value is -3.52. The molecule has 2 heterocycles. The summed E-state index contributed by atoms with van der Waals surface area (Å²) >= 11 is 1.35. The fourth-order valence-electron chi connectivity index (χ4n) is 3.32. The maximum absolute atomic E-state index is 12.8. The van der Waals surface area contributed by atoms with Gasteiger partial charge in [0.1, 0.15) is 11.8 Å². The van der Waals surface area contributed by atoms with Crippen molar-refractivity contribution in [3.63, 3.8) is 0 Å². The summed E-state index contributed by atoms with van der Waals surface area (Å²) in [6.07, 6.45) is 0.144. The molecule has 0 saturated carbocycles. The van der Waals surface area contributed by atoms with E-state index in [1.165, 1.54) is 16.3 Å². The second-order valence-corrected chi connectivity index (χ2v) is 8.02. The molecule has 1 aliphatic heterocycles. The van der Waals surface area contributed by atoms with Crippen LogP contribution in [-0.4, -0.2) is 28.6 Å². The van der Waals surface area contributed by atoms with Gasteiger partial charge in [0.15, 0.2) is 5.13 Å². The van der Waals surface area contributed by atoms with E-state index in [0.717, 1.165) is 22.4 Å². The summed E-state index contributed by atoms with van der Waals surface area (Å²) in [5, 5.41) is 11.1. The average molecular weight is 420 g/mol. The molecule has 0 radical (unpaired) electrons. The number of carbonyl (C=O) groups excluding carboxylic acids is 2. The molecular weight excluding hydrogens is 398 g/mol. The first-order valence-electron chi connectivity index (χ1n) is 9.48. The van der Waals surface area contributed by atoms with Crippen molar-refractivity contribution in [3.8, 4) is 11.3 Å². The van der Waals surface area contributed by atoms with Gasteiger partial charge in [0.2, 0.25) is 5.91 Å². The zero-order chi connectivity index (χ0) is 21.3. The number of aromatic nitrogens is 1. The fourth-order valence-corrected chi connectivity index (χ4v) is 4.03. The molecule has 0 bridgehead atoms. The van der Waals surface area contributed by atoms with E-state index in [1.807, 2.05) is 49.6 Å². The van der Waals surface area contributed by atoms with Gasteiger partial charge in [0.05, 0.1) is 11.4 Å². The van der Waals surface area contributed by atoms with Crippen LogP contribution in [-0.2, 0) is 9.59 Å². The van der Waals surface area contributed by atoms with Crippen LogP contribution in [0.5, 0.6) is 0 Å². The minimum absolute atomic E-state index is 0.144.